The highest BCUT2D eigenvalue weighted by molar-refractivity contribution is 7.17. The molecule has 0 bridgehead atoms. The maximum atomic E-state index is 13.1. The van der Waals surface area contributed by atoms with E-state index < -0.39 is 6.04 Å². The molecule has 3 aromatic rings. The smallest absolute Gasteiger partial charge is 0.263 e. The van der Waals surface area contributed by atoms with Gasteiger partial charge in [0.15, 0.2) is 5.13 Å². The Morgan fingerprint density at radius 2 is 2.07 bits per heavy atom. The molecule has 3 rings (SSSR count). The molecule has 1 atom stereocenters. The number of thiazole rings is 1. The van der Waals surface area contributed by atoms with E-state index >= 15 is 0 Å². The van der Waals surface area contributed by atoms with Gasteiger partial charge in [0.1, 0.15) is 16.7 Å². The highest BCUT2D eigenvalue weighted by atomic mass is 32.1. The molecule has 2 amide bonds. The van der Waals surface area contributed by atoms with Crippen molar-refractivity contribution in [3.8, 4) is 0 Å². The third-order valence-corrected chi connectivity index (χ3v) is 5.31. The van der Waals surface area contributed by atoms with Crippen LogP contribution in [0.4, 0.5) is 9.52 Å². The first-order chi connectivity index (χ1) is 14.5. The maximum absolute atomic E-state index is 13.1. The average Bonchev–Trinajstić information content (AvgIpc) is 3.44. The molecule has 0 saturated carbocycles. The number of anilines is 1. The van der Waals surface area contributed by atoms with Gasteiger partial charge < -0.3 is 20.5 Å². The second-order valence-electron chi connectivity index (χ2n) is 6.58. The van der Waals surface area contributed by atoms with Crippen LogP contribution in [-0.4, -0.2) is 46.0 Å². The van der Waals surface area contributed by atoms with Gasteiger partial charge in [-0.15, -0.1) is 0 Å². The standard InChI is InChI=1S/C20H23FN6O2S/c1-22-18(28)16(11-14-3-5-15(21)6-4-14)26-20-25-12-17(30-20)19(29)24-7-2-9-27-10-8-23-13-27/h3-6,8,10,12-13,16H,2,7,9,11H2,1H3,(H,22,28)(H,24,29)(H,25,26). The number of halogens is 1. The predicted octanol–water partition coefficient (Wildman–Crippen LogP) is 2.07. The Labute approximate surface area is 177 Å². The predicted molar refractivity (Wildman–Crippen MR) is 113 cm³/mol. The van der Waals surface area contributed by atoms with E-state index in [4.69, 9.17) is 0 Å². The molecule has 0 saturated heterocycles. The van der Waals surface area contributed by atoms with Gasteiger partial charge in [0, 0.05) is 39.0 Å². The van der Waals surface area contributed by atoms with Crippen molar-refractivity contribution < 1.29 is 14.0 Å². The van der Waals surface area contributed by atoms with E-state index in [9.17, 15) is 14.0 Å². The summed E-state index contributed by atoms with van der Waals surface area (Å²) in [5.41, 5.74) is 0.810. The SMILES string of the molecule is CNC(=O)C(Cc1ccc(F)cc1)Nc1ncc(C(=O)NCCCn2ccnc2)s1. The fourth-order valence-electron chi connectivity index (χ4n) is 2.80. The van der Waals surface area contributed by atoms with Crippen LogP contribution >= 0.6 is 11.3 Å². The Balaban J connectivity index is 1.53. The van der Waals surface area contributed by atoms with Crippen molar-refractivity contribution in [1.29, 1.82) is 0 Å². The Hall–Kier alpha value is -3.27. The van der Waals surface area contributed by atoms with Crippen molar-refractivity contribution >= 4 is 28.3 Å². The van der Waals surface area contributed by atoms with Crippen molar-refractivity contribution in [1.82, 2.24) is 25.2 Å². The molecule has 0 fully saturated rings. The van der Waals surface area contributed by atoms with E-state index in [2.05, 4.69) is 25.9 Å². The lowest BCUT2D eigenvalue weighted by Crippen LogP contribution is -2.39. The number of hydrogen-bond donors (Lipinski definition) is 3. The number of imidazole rings is 1. The number of benzene rings is 1. The number of likely N-dealkylation sites (N-methyl/N-ethyl adjacent to an activating group) is 1. The number of nitrogens with one attached hydrogen (secondary N) is 3. The van der Waals surface area contributed by atoms with Crippen molar-refractivity contribution in [2.45, 2.75) is 25.4 Å². The van der Waals surface area contributed by atoms with Crippen LogP contribution < -0.4 is 16.0 Å². The highest BCUT2D eigenvalue weighted by Gasteiger charge is 2.20. The Morgan fingerprint density at radius 1 is 1.27 bits per heavy atom. The third kappa shape index (κ3) is 6.11. The summed E-state index contributed by atoms with van der Waals surface area (Å²) in [6.45, 7) is 1.30. The summed E-state index contributed by atoms with van der Waals surface area (Å²) in [6, 6.07) is 5.39. The summed E-state index contributed by atoms with van der Waals surface area (Å²) < 4.78 is 15.1. The van der Waals surface area contributed by atoms with Gasteiger partial charge in [0.05, 0.1) is 12.5 Å². The Bertz CT molecular complexity index is 958. The zero-order chi connectivity index (χ0) is 21.3. The number of carbonyl (C=O) groups is 2. The molecule has 0 aliphatic heterocycles. The van der Waals surface area contributed by atoms with Crippen LogP contribution in [0.3, 0.4) is 0 Å². The van der Waals surface area contributed by atoms with Crippen molar-refractivity contribution in [3.05, 3.63) is 65.4 Å². The average molecular weight is 431 g/mol. The largest absolute Gasteiger partial charge is 0.357 e. The molecule has 30 heavy (non-hydrogen) atoms. The monoisotopic (exact) mass is 430 g/mol. The van der Waals surface area contributed by atoms with Crippen LogP contribution in [0.25, 0.3) is 0 Å². The van der Waals surface area contributed by atoms with E-state index in [-0.39, 0.29) is 17.6 Å². The number of aryl methyl sites for hydroxylation is 1. The van der Waals surface area contributed by atoms with Gasteiger partial charge in [-0.1, -0.05) is 23.5 Å². The highest BCUT2D eigenvalue weighted by Crippen LogP contribution is 2.20. The molecule has 0 radical (unpaired) electrons. The molecule has 1 aromatic carbocycles. The topological polar surface area (TPSA) is 101 Å². The van der Waals surface area contributed by atoms with Crippen molar-refractivity contribution in [2.24, 2.45) is 0 Å². The fourth-order valence-corrected chi connectivity index (χ4v) is 3.59. The van der Waals surface area contributed by atoms with Gasteiger partial charge >= 0.3 is 0 Å². The lowest BCUT2D eigenvalue weighted by molar-refractivity contribution is -0.121. The van der Waals surface area contributed by atoms with Gasteiger partial charge in [-0.2, -0.15) is 0 Å². The zero-order valence-electron chi connectivity index (χ0n) is 16.5. The number of amides is 2. The summed E-state index contributed by atoms with van der Waals surface area (Å²) in [7, 11) is 1.55. The summed E-state index contributed by atoms with van der Waals surface area (Å²) in [6.07, 6.45) is 7.94. The summed E-state index contributed by atoms with van der Waals surface area (Å²) in [5.74, 6) is -0.759. The van der Waals surface area contributed by atoms with Gasteiger partial charge in [-0.25, -0.2) is 14.4 Å². The zero-order valence-corrected chi connectivity index (χ0v) is 17.3. The molecule has 8 nitrogen and oxygen atoms in total. The number of nitrogens with zero attached hydrogens (tertiary/aromatic N) is 3. The Kier molecular flexibility index (Phi) is 7.50. The molecule has 10 heteroatoms. The van der Waals surface area contributed by atoms with E-state index in [1.54, 1.807) is 31.7 Å². The van der Waals surface area contributed by atoms with E-state index in [1.807, 2.05) is 10.8 Å². The van der Waals surface area contributed by atoms with Crippen LogP contribution in [0.2, 0.25) is 0 Å². The molecule has 2 aromatic heterocycles. The molecule has 158 valence electrons. The molecular formula is C20H23FN6O2S. The third-order valence-electron chi connectivity index (χ3n) is 4.38. The molecule has 1 unspecified atom stereocenters. The quantitative estimate of drug-likeness (QED) is 0.428. The van der Waals surface area contributed by atoms with Crippen LogP contribution in [0.1, 0.15) is 21.7 Å². The van der Waals surface area contributed by atoms with Gasteiger partial charge in [0.25, 0.3) is 5.91 Å². The summed E-state index contributed by atoms with van der Waals surface area (Å²) >= 11 is 1.18. The lowest BCUT2D eigenvalue weighted by atomic mass is 10.1. The number of carbonyl (C=O) groups excluding carboxylic acids is 2. The first-order valence-electron chi connectivity index (χ1n) is 9.47. The molecule has 0 aliphatic carbocycles. The van der Waals surface area contributed by atoms with Crippen LogP contribution in [0.5, 0.6) is 0 Å². The van der Waals surface area contributed by atoms with Crippen molar-refractivity contribution in [3.63, 3.8) is 0 Å². The van der Waals surface area contributed by atoms with Gasteiger partial charge in [-0.3, -0.25) is 9.59 Å². The molecule has 2 heterocycles. The summed E-state index contributed by atoms with van der Waals surface area (Å²) in [5, 5.41) is 9.00. The second-order valence-corrected chi connectivity index (χ2v) is 7.61. The first kappa shape index (κ1) is 21.4. The minimum Gasteiger partial charge on any atom is -0.357 e. The fraction of sp³-hybridized carbons (Fsp3) is 0.300. The summed E-state index contributed by atoms with van der Waals surface area (Å²) in [4.78, 5) is 33.2. The van der Waals surface area contributed by atoms with E-state index in [1.165, 1.54) is 29.7 Å². The molecule has 0 spiro atoms. The lowest BCUT2D eigenvalue weighted by Gasteiger charge is -2.16. The van der Waals surface area contributed by atoms with Crippen LogP contribution in [-0.2, 0) is 17.8 Å². The second kappa shape index (κ2) is 10.5. The van der Waals surface area contributed by atoms with Gasteiger partial charge in [0.2, 0.25) is 5.91 Å². The van der Waals surface area contributed by atoms with Crippen LogP contribution in [0, 0.1) is 5.82 Å². The first-order valence-corrected chi connectivity index (χ1v) is 10.3. The van der Waals surface area contributed by atoms with E-state index in [0.29, 0.717) is 23.0 Å². The minimum atomic E-state index is -0.599. The Morgan fingerprint density at radius 3 is 2.77 bits per heavy atom. The maximum Gasteiger partial charge on any atom is 0.263 e. The van der Waals surface area contributed by atoms with Crippen molar-refractivity contribution in [2.75, 3.05) is 18.9 Å². The number of aromatic nitrogens is 3. The van der Waals surface area contributed by atoms with Crippen LogP contribution in [0.15, 0.2) is 49.2 Å². The number of hydrogen-bond acceptors (Lipinski definition) is 6. The molecular weight excluding hydrogens is 407 g/mol. The van der Waals surface area contributed by atoms with E-state index in [0.717, 1.165) is 18.5 Å². The molecule has 0 aliphatic rings. The number of rotatable bonds is 10. The van der Waals surface area contributed by atoms with Gasteiger partial charge in [-0.05, 0) is 24.1 Å². The normalized spacial score (nSPS) is 11.7. The minimum absolute atomic E-state index is 0.207. The molecule has 3 N–H and O–H groups in total.